The van der Waals surface area contributed by atoms with Crippen LogP contribution in [0.25, 0.3) is 0 Å². The van der Waals surface area contributed by atoms with E-state index in [2.05, 4.69) is 6.58 Å². The van der Waals surface area contributed by atoms with E-state index in [4.69, 9.17) is 5.73 Å². The Morgan fingerprint density at radius 1 is 1.36 bits per heavy atom. The highest BCUT2D eigenvalue weighted by atomic mass is 16.3. The molecular weight excluding hydrogens is 174 g/mol. The van der Waals surface area contributed by atoms with Gasteiger partial charge in [-0.15, -0.1) is 6.58 Å². The van der Waals surface area contributed by atoms with Crippen molar-refractivity contribution < 1.29 is 5.11 Å². The fourth-order valence-electron chi connectivity index (χ4n) is 1.44. The quantitative estimate of drug-likeness (QED) is 0.721. The summed E-state index contributed by atoms with van der Waals surface area (Å²) in [5.74, 6) is 0.599. The number of hydrogen-bond acceptors (Lipinski definition) is 2. The molecule has 0 aromatic heterocycles. The van der Waals surface area contributed by atoms with E-state index in [9.17, 15) is 5.11 Å². The number of aromatic hydroxyl groups is 1. The van der Waals surface area contributed by atoms with E-state index in [1.807, 2.05) is 32.0 Å². The summed E-state index contributed by atoms with van der Waals surface area (Å²) in [6, 6.07) is 5.36. The van der Waals surface area contributed by atoms with Crippen LogP contribution in [0.5, 0.6) is 5.75 Å². The van der Waals surface area contributed by atoms with Crippen LogP contribution in [0.4, 0.5) is 0 Å². The fourth-order valence-corrected chi connectivity index (χ4v) is 1.44. The number of phenolic OH excluding ortho intramolecular Hbond substituents is 1. The first-order chi connectivity index (χ1) is 6.57. The fraction of sp³-hybridized carbons (Fsp3) is 0.333. The molecule has 1 aromatic rings. The van der Waals surface area contributed by atoms with Gasteiger partial charge in [0.15, 0.2) is 0 Å². The van der Waals surface area contributed by atoms with Crippen LogP contribution >= 0.6 is 0 Å². The van der Waals surface area contributed by atoms with Gasteiger partial charge in [-0.2, -0.15) is 0 Å². The lowest BCUT2D eigenvalue weighted by molar-refractivity contribution is 0.455. The Labute approximate surface area is 85.1 Å². The van der Waals surface area contributed by atoms with Crippen LogP contribution in [0, 0.1) is 0 Å². The van der Waals surface area contributed by atoms with E-state index < -0.39 is 0 Å². The van der Waals surface area contributed by atoms with Crippen molar-refractivity contribution in [1.82, 2.24) is 0 Å². The molecule has 0 unspecified atom stereocenters. The summed E-state index contributed by atoms with van der Waals surface area (Å²) in [6.07, 6.45) is 1.62. The zero-order valence-corrected chi connectivity index (χ0v) is 8.70. The van der Waals surface area contributed by atoms with Crippen molar-refractivity contribution in [3.63, 3.8) is 0 Å². The molecule has 2 nitrogen and oxygen atoms in total. The van der Waals surface area contributed by atoms with Gasteiger partial charge in [0.2, 0.25) is 0 Å². The summed E-state index contributed by atoms with van der Waals surface area (Å²) in [5.41, 5.74) is 7.46. The molecule has 0 spiro atoms. The second-order valence-electron chi connectivity index (χ2n) is 3.70. The number of rotatable bonds is 3. The van der Waals surface area contributed by atoms with Crippen molar-refractivity contribution in [2.24, 2.45) is 5.73 Å². The Balaban J connectivity index is 3.20. The van der Waals surface area contributed by atoms with Gasteiger partial charge in [0.1, 0.15) is 5.75 Å². The lowest BCUT2D eigenvalue weighted by Gasteiger charge is -2.14. The Morgan fingerprint density at radius 2 is 1.93 bits per heavy atom. The molecule has 76 valence electrons. The maximum Gasteiger partial charge on any atom is 0.124 e. The maximum atomic E-state index is 9.93. The molecule has 1 aromatic carbocycles. The minimum atomic E-state index is -0.298. The van der Waals surface area contributed by atoms with Crippen molar-refractivity contribution >= 4 is 0 Å². The minimum absolute atomic E-state index is 0.298. The highest BCUT2D eigenvalue weighted by molar-refractivity contribution is 5.44. The lowest BCUT2D eigenvalue weighted by Crippen LogP contribution is -2.07. The Bertz CT molecular complexity index is 331. The average Bonchev–Trinajstić information content (AvgIpc) is 2.16. The molecule has 0 saturated heterocycles. The normalized spacial score (nSPS) is 12.9. The third-order valence-electron chi connectivity index (χ3n) is 2.33. The van der Waals surface area contributed by atoms with Gasteiger partial charge >= 0.3 is 0 Å². The number of phenols is 1. The van der Waals surface area contributed by atoms with Gasteiger partial charge in [0.05, 0.1) is 6.04 Å². The Hall–Kier alpha value is -1.28. The average molecular weight is 191 g/mol. The maximum absolute atomic E-state index is 9.93. The predicted molar refractivity (Wildman–Crippen MR) is 59.3 cm³/mol. The zero-order chi connectivity index (χ0) is 10.7. The first kappa shape index (κ1) is 10.8. The van der Waals surface area contributed by atoms with Crippen molar-refractivity contribution in [3.8, 4) is 5.75 Å². The molecule has 0 fully saturated rings. The largest absolute Gasteiger partial charge is 0.507 e. The number of benzene rings is 1. The van der Waals surface area contributed by atoms with Crippen LogP contribution in [0.3, 0.4) is 0 Å². The van der Waals surface area contributed by atoms with Gasteiger partial charge in [-0.05, 0) is 11.5 Å². The zero-order valence-electron chi connectivity index (χ0n) is 8.70. The smallest absolute Gasteiger partial charge is 0.124 e. The molecule has 0 heterocycles. The summed E-state index contributed by atoms with van der Waals surface area (Å²) in [6.45, 7) is 7.70. The molecule has 0 bridgehead atoms. The topological polar surface area (TPSA) is 46.2 Å². The number of para-hydroxylation sites is 1. The lowest BCUT2D eigenvalue weighted by atomic mass is 9.96. The molecule has 0 aliphatic carbocycles. The Morgan fingerprint density at radius 3 is 2.43 bits per heavy atom. The van der Waals surface area contributed by atoms with E-state index in [-0.39, 0.29) is 6.04 Å². The van der Waals surface area contributed by atoms with Crippen LogP contribution in [0.1, 0.15) is 36.9 Å². The van der Waals surface area contributed by atoms with Crippen LogP contribution in [0.2, 0.25) is 0 Å². The first-order valence-electron chi connectivity index (χ1n) is 4.77. The van der Waals surface area contributed by atoms with Crippen LogP contribution in [-0.4, -0.2) is 5.11 Å². The molecule has 0 aliphatic rings. The molecule has 1 rings (SSSR count). The molecule has 14 heavy (non-hydrogen) atoms. The van der Waals surface area contributed by atoms with Crippen LogP contribution in [-0.2, 0) is 0 Å². The minimum Gasteiger partial charge on any atom is -0.507 e. The van der Waals surface area contributed by atoms with Crippen molar-refractivity contribution in [2.75, 3.05) is 0 Å². The van der Waals surface area contributed by atoms with Crippen molar-refractivity contribution in [1.29, 1.82) is 0 Å². The van der Waals surface area contributed by atoms with Gasteiger partial charge in [0.25, 0.3) is 0 Å². The number of nitrogens with two attached hydrogens (primary N) is 1. The summed E-state index contributed by atoms with van der Waals surface area (Å²) in [5, 5.41) is 9.93. The highest BCUT2D eigenvalue weighted by Gasteiger charge is 2.12. The molecule has 0 aliphatic heterocycles. The summed E-state index contributed by atoms with van der Waals surface area (Å²) < 4.78 is 0. The van der Waals surface area contributed by atoms with Gasteiger partial charge in [0, 0.05) is 5.56 Å². The van der Waals surface area contributed by atoms with E-state index >= 15 is 0 Å². The van der Waals surface area contributed by atoms with E-state index in [0.29, 0.717) is 11.7 Å². The molecule has 2 heteroatoms. The van der Waals surface area contributed by atoms with Gasteiger partial charge in [-0.3, -0.25) is 0 Å². The molecule has 0 amide bonds. The molecule has 1 atom stereocenters. The van der Waals surface area contributed by atoms with Crippen molar-refractivity contribution in [2.45, 2.75) is 25.8 Å². The standard InChI is InChI=1S/C12H17NO/c1-4-11(13)10-7-5-6-9(8(2)3)12(10)14/h4-8,11,14H,1,13H2,2-3H3/t11-/m0/s1. The van der Waals surface area contributed by atoms with Crippen LogP contribution in [0.15, 0.2) is 30.9 Å². The molecular formula is C12H17NO. The van der Waals surface area contributed by atoms with E-state index in [1.165, 1.54) is 0 Å². The SMILES string of the molecule is C=C[C@H](N)c1cccc(C(C)C)c1O. The van der Waals surface area contributed by atoms with E-state index in [1.54, 1.807) is 6.08 Å². The number of hydrogen-bond donors (Lipinski definition) is 2. The monoisotopic (exact) mass is 191 g/mol. The third-order valence-corrected chi connectivity index (χ3v) is 2.33. The predicted octanol–water partition coefficient (Wildman–Crippen LogP) is 2.70. The van der Waals surface area contributed by atoms with Crippen molar-refractivity contribution in [3.05, 3.63) is 42.0 Å². The van der Waals surface area contributed by atoms with Gasteiger partial charge < -0.3 is 10.8 Å². The third kappa shape index (κ3) is 1.96. The van der Waals surface area contributed by atoms with E-state index in [0.717, 1.165) is 11.1 Å². The Kier molecular flexibility index (Phi) is 3.31. The van der Waals surface area contributed by atoms with Gasteiger partial charge in [-0.1, -0.05) is 38.1 Å². The summed E-state index contributed by atoms with van der Waals surface area (Å²) >= 11 is 0. The molecule has 3 N–H and O–H groups in total. The second-order valence-corrected chi connectivity index (χ2v) is 3.70. The van der Waals surface area contributed by atoms with Gasteiger partial charge in [-0.25, -0.2) is 0 Å². The first-order valence-corrected chi connectivity index (χ1v) is 4.77. The summed E-state index contributed by atoms with van der Waals surface area (Å²) in [4.78, 5) is 0. The summed E-state index contributed by atoms with van der Waals surface area (Å²) in [7, 11) is 0. The molecule has 0 saturated carbocycles. The highest BCUT2D eigenvalue weighted by Crippen LogP contribution is 2.31. The second kappa shape index (κ2) is 4.29. The van der Waals surface area contributed by atoms with Crippen LogP contribution < -0.4 is 5.73 Å². The molecule has 0 radical (unpaired) electrons.